The zero-order valence-electron chi connectivity index (χ0n) is 22.1. The molecule has 0 spiro atoms. The van der Waals surface area contributed by atoms with Gasteiger partial charge in [0.2, 0.25) is 5.95 Å². The maximum Gasteiger partial charge on any atom is 0.232 e. The summed E-state index contributed by atoms with van der Waals surface area (Å²) < 4.78 is 13.6. The monoisotopic (exact) mass is 524 g/mol. The van der Waals surface area contributed by atoms with Crippen molar-refractivity contribution in [1.82, 2.24) is 15.3 Å². The summed E-state index contributed by atoms with van der Waals surface area (Å²) in [6.45, 7) is 6.11. The SMILES string of the molecule is CC1CCCCN1c1cc(N2CCCCCC2)nc(NC(=S)NCC2(c3ccc(F)cc3)CCCC2)n1. The highest BCUT2D eigenvalue weighted by Gasteiger charge is 2.35. The first kappa shape index (κ1) is 26.1. The number of piperidine rings is 1. The number of rotatable bonds is 6. The number of hydrogen-bond donors (Lipinski definition) is 2. The van der Waals surface area contributed by atoms with E-state index in [0.717, 1.165) is 44.1 Å². The lowest BCUT2D eigenvalue weighted by molar-refractivity contribution is 0.434. The molecule has 0 radical (unpaired) electrons. The molecule has 5 rings (SSSR count). The number of thiocarbonyl (C=S) groups is 1. The van der Waals surface area contributed by atoms with Crippen LogP contribution in [-0.2, 0) is 5.41 Å². The maximum absolute atomic E-state index is 13.6. The van der Waals surface area contributed by atoms with Crippen molar-refractivity contribution < 1.29 is 4.39 Å². The molecule has 1 atom stereocenters. The van der Waals surface area contributed by atoms with E-state index >= 15 is 0 Å². The van der Waals surface area contributed by atoms with Crippen molar-refractivity contribution in [1.29, 1.82) is 0 Å². The van der Waals surface area contributed by atoms with E-state index in [9.17, 15) is 4.39 Å². The molecule has 8 heteroatoms. The van der Waals surface area contributed by atoms with Gasteiger partial charge in [-0.1, -0.05) is 37.8 Å². The van der Waals surface area contributed by atoms with E-state index in [1.165, 1.54) is 63.4 Å². The molecule has 3 fully saturated rings. The van der Waals surface area contributed by atoms with Crippen LogP contribution < -0.4 is 20.4 Å². The minimum Gasteiger partial charge on any atom is -0.361 e. The van der Waals surface area contributed by atoms with Gasteiger partial charge < -0.3 is 20.4 Å². The summed E-state index contributed by atoms with van der Waals surface area (Å²) in [5, 5.41) is 7.32. The summed E-state index contributed by atoms with van der Waals surface area (Å²) in [7, 11) is 0. The van der Waals surface area contributed by atoms with Gasteiger partial charge in [0.05, 0.1) is 0 Å². The van der Waals surface area contributed by atoms with Crippen LogP contribution in [0.5, 0.6) is 0 Å². The average molecular weight is 525 g/mol. The van der Waals surface area contributed by atoms with Crippen LogP contribution in [0.3, 0.4) is 0 Å². The first-order valence-electron chi connectivity index (χ1n) is 14.2. The lowest BCUT2D eigenvalue weighted by Crippen LogP contribution is -2.41. The molecule has 2 N–H and O–H groups in total. The van der Waals surface area contributed by atoms with E-state index < -0.39 is 0 Å². The van der Waals surface area contributed by atoms with Crippen molar-refractivity contribution in [2.45, 2.75) is 89.0 Å². The van der Waals surface area contributed by atoms with E-state index in [1.54, 1.807) is 12.1 Å². The average Bonchev–Trinajstić information content (AvgIpc) is 3.22. The smallest absolute Gasteiger partial charge is 0.232 e. The highest BCUT2D eigenvalue weighted by Crippen LogP contribution is 2.40. The second-order valence-electron chi connectivity index (χ2n) is 11.1. The van der Waals surface area contributed by atoms with Gasteiger partial charge in [-0.2, -0.15) is 9.97 Å². The molecular formula is C29H41FN6S. The number of benzene rings is 1. The summed E-state index contributed by atoms with van der Waals surface area (Å²) in [6, 6.07) is 9.64. The highest BCUT2D eigenvalue weighted by molar-refractivity contribution is 7.80. The van der Waals surface area contributed by atoms with Gasteiger partial charge in [-0.25, -0.2) is 4.39 Å². The molecule has 2 aliphatic heterocycles. The Balaban J connectivity index is 1.33. The van der Waals surface area contributed by atoms with E-state index in [0.29, 0.717) is 23.6 Å². The Bertz CT molecular complexity index is 1050. The van der Waals surface area contributed by atoms with Crippen LogP contribution in [0.15, 0.2) is 30.3 Å². The lowest BCUT2D eigenvalue weighted by atomic mass is 9.79. The fraction of sp³-hybridized carbons (Fsp3) is 0.621. The number of aromatic nitrogens is 2. The van der Waals surface area contributed by atoms with Gasteiger partial charge >= 0.3 is 0 Å². The molecule has 1 saturated carbocycles. The molecule has 200 valence electrons. The quantitative estimate of drug-likeness (QED) is 0.438. The van der Waals surface area contributed by atoms with Crippen LogP contribution in [0.25, 0.3) is 0 Å². The Labute approximate surface area is 226 Å². The Hall–Kier alpha value is -2.48. The third-order valence-electron chi connectivity index (χ3n) is 8.56. The van der Waals surface area contributed by atoms with Crippen molar-refractivity contribution in [3.05, 3.63) is 41.7 Å². The number of nitrogens with one attached hydrogen (secondary N) is 2. The molecule has 2 aromatic rings. The Kier molecular flexibility index (Phi) is 8.43. The summed E-state index contributed by atoms with van der Waals surface area (Å²) in [4.78, 5) is 14.7. The van der Waals surface area contributed by atoms with Gasteiger partial charge in [0, 0.05) is 43.7 Å². The largest absolute Gasteiger partial charge is 0.361 e. The maximum atomic E-state index is 13.6. The number of anilines is 3. The Morgan fingerprint density at radius 2 is 1.62 bits per heavy atom. The van der Waals surface area contributed by atoms with Crippen LogP contribution in [0.2, 0.25) is 0 Å². The van der Waals surface area contributed by atoms with Gasteiger partial charge in [0.1, 0.15) is 17.5 Å². The standard InChI is InChI=1S/C29H41FN6S/c1-22-10-4-9-19-36(22)26-20-25(35-17-7-2-3-8-18-35)32-27(33-26)34-28(37)31-21-29(15-5-6-16-29)23-11-13-24(30)14-12-23/h11-14,20,22H,2-10,15-19,21H2,1H3,(H2,31,32,33,34,37). The van der Waals surface area contributed by atoms with Crippen molar-refractivity contribution in [3.8, 4) is 0 Å². The van der Waals surface area contributed by atoms with E-state index in [2.05, 4.69) is 33.4 Å². The number of nitrogens with zero attached hydrogens (tertiary/aromatic N) is 4. The van der Waals surface area contributed by atoms with Gasteiger partial charge in [-0.05, 0) is 81.8 Å². The Morgan fingerprint density at radius 1 is 0.946 bits per heavy atom. The minimum absolute atomic E-state index is 0.0252. The topological polar surface area (TPSA) is 56.3 Å². The molecule has 0 bridgehead atoms. The van der Waals surface area contributed by atoms with Crippen molar-refractivity contribution in [2.24, 2.45) is 0 Å². The normalized spacial score (nSPS) is 21.9. The first-order chi connectivity index (χ1) is 18.0. The van der Waals surface area contributed by atoms with Gasteiger partial charge in [0.15, 0.2) is 5.11 Å². The molecule has 6 nitrogen and oxygen atoms in total. The third kappa shape index (κ3) is 6.33. The summed E-state index contributed by atoms with van der Waals surface area (Å²) in [5.74, 6) is 2.36. The summed E-state index contributed by atoms with van der Waals surface area (Å²) in [6.07, 6.45) is 13.1. The van der Waals surface area contributed by atoms with E-state index in [-0.39, 0.29) is 11.2 Å². The fourth-order valence-electron chi connectivity index (χ4n) is 6.34. The zero-order valence-corrected chi connectivity index (χ0v) is 23.0. The van der Waals surface area contributed by atoms with E-state index in [1.807, 2.05) is 12.1 Å². The summed E-state index contributed by atoms with van der Waals surface area (Å²) >= 11 is 5.75. The van der Waals surface area contributed by atoms with E-state index in [4.69, 9.17) is 22.2 Å². The first-order valence-corrected chi connectivity index (χ1v) is 14.6. The van der Waals surface area contributed by atoms with Crippen LogP contribution in [0.1, 0.15) is 83.1 Å². The lowest BCUT2D eigenvalue weighted by Gasteiger charge is -2.35. The molecule has 3 heterocycles. The minimum atomic E-state index is -0.192. The van der Waals surface area contributed by atoms with Crippen LogP contribution in [-0.4, -0.2) is 47.3 Å². The van der Waals surface area contributed by atoms with Crippen molar-refractivity contribution in [2.75, 3.05) is 41.3 Å². The van der Waals surface area contributed by atoms with Gasteiger partial charge in [-0.15, -0.1) is 0 Å². The highest BCUT2D eigenvalue weighted by atomic mass is 32.1. The Morgan fingerprint density at radius 3 is 2.32 bits per heavy atom. The molecule has 1 aromatic carbocycles. The molecule has 1 aliphatic carbocycles. The second-order valence-corrected chi connectivity index (χ2v) is 11.6. The van der Waals surface area contributed by atoms with Crippen LogP contribution >= 0.6 is 12.2 Å². The predicted molar refractivity (Wildman–Crippen MR) is 154 cm³/mol. The van der Waals surface area contributed by atoms with Gasteiger partial charge in [-0.3, -0.25) is 0 Å². The molecule has 1 aromatic heterocycles. The fourth-order valence-corrected chi connectivity index (χ4v) is 6.51. The molecular weight excluding hydrogens is 483 g/mol. The second kappa shape index (κ2) is 11.9. The zero-order chi connectivity index (χ0) is 25.7. The molecule has 0 amide bonds. The number of halogens is 1. The molecule has 37 heavy (non-hydrogen) atoms. The van der Waals surface area contributed by atoms with Crippen LogP contribution in [0.4, 0.5) is 22.0 Å². The van der Waals surface area contributed by atoms with Crippen molar-refractivity contribution in [3.63, 3.8) is 0 Å². The molecule has 3 aliphatic rings. The van der Waals surface area contributed by atoms with Crippen molar-refractivity contribution >= 4 is 34.9 Å². The predicted octanol–water partition coefficient (Wildman–Crippen LogP) is 6.17. The van der Waals surface area contributed by atoms with Gasteiger partial charge in [0.25, 0.3) is 0 Å². The number of hydrogen-bond acceptors (Lipinski definition) is 5. The third-order valence-corrected chi connectivity index (χ3v) is 8.80. The van der Waals surface area contributed by atoms with Crippen LogP contribution in [0, 0.1) is 5.82 Å². The molecule has 2 saturated heterocycles. The summed E-state index contributed by atoms with van der Waals surface area (Å²) in [5.41, 5.74) is 1.16. The molecule has 1 unspecified atom stereocenters.